The van der Waals surface area contributed by atoms with E-state index in [4.69, 9.17) is 1.37 Å². The van der Waals surface area contributed by atoms with Gasteiger partial charge in [0.25, 0.3) is 0 Å². The molecule has 1 heteroatoms. The SMILES string of the molecule is [2H]c1c(C)[n+](C)c(-c2cc(C3CCCC3)ccc2C)c2ccc(-c3ccccc3)cc12. The van der Waals surface area contributed by atoms with Crippen molar-refractivity contribution < 1.29 is 5.94 Å². The zero-order valence-electron chi connectivity index (χ0n) is 19.2. The number of fused-ring (bicyclic) bond motifs is 1. The van der Waals surface area contributed by atoms with Crippen LogP contribution in [0.15, 0.2) is 72.8 Å². The van der Waals surface area contributed by atoms with Gasteiger partial charge in [-0.2, -0.15) is 4.57 Å². The monoisotopic (exact) mass is 393 g/mol. The fraction of sp³-hybridized carbons (Fsp3) is 0.276. The van der Waals surface area contributed by atoms with Crippen molar-refractivity contribution in [3.63, 3.8) is 0 Å². The number of aromatic nitrogens is 1. The molecule has 1 aromatic heterocycles. The zero-order valence-corrected chi connectivity index (χ0v) is 18.2. The van der Waals surface area contributed by atoms with Gasteiger partial charge in [-0.3, -0.25) is 0 Å². The molecule has 1 fully saturated rings. The van der Waals surface area contributed by atoms with E-state index >= 15 is 0 Å². The van der Waals surface area contributed by atoms with Crippen LogP contribution in [0.3, 0.4) is 0 Å². The molecule has 0 N–H and O–H groups in total. The number of rotatable bonds is 3. The number of nitrogens with zero attached hydrogens (tertiary/aromatic N) is 1. The molecule has 0 radical (unpaired) electrons. The zero-order chi connectivity index (χ0) is 21.5. The van der Waals surface area contributed by atoms with Crippen molar-refractivity contribution in [2.24, 2.45) is 7.05 Å². The molecular formula is C29H30N+. The molecule has 1 heterocycles. The topological polar surface area (TPSA) is 3.88 Å². The average Bonchev–Trinajstić information content (AvgIpc) is 3.34. The average molecular weight is 394 g/mol. The second kappa shape index (κ2) is 7.72. The molecule has 4 aromatic rings. The summed E-state index contributed by atoms with van der Waals surface area (Å²) in [6, 6.07) is 24.7. The lowest BCUT2D eigenvalue weighted by atomic mass is 9.91. The summed E-state index contributed by atoms with van der Waals surface area (Å²) in [4.78, 5) is 0. The van der Waals surface area contributed by atoms with Crippen LogP contribution in [0.2, 0.25) is 0 Å². The molecule has 0 saturated heterocycles. The summed E-state index contributed by atoms with van der Waals surface area (Å²) >= 11 is 0. The van der Waals surface area contributed by atoms with Gasteiger partial charge in [0.05, 0.1) is 6.76 Å². The van der Waals surface area contributed by atoms with E-state index in [9.17, 15) is 0 Å². The minimum absolute atomic E-state index is 0.614. The highest BCUT2D eigenvalue weighted by molar-refractivity contribution is 5.96. The maximum Gasteiger partial charge on any atom is 0.220 e. The lowest BCUT2D eigenvalue weighted by molar-refractivity contribution is -0.665. The molecule has 150 valence electrons. The number of hydrogen-bond acceptors (Lipinski definition) is 0. The molecule has 0 atom stereocenters. The first-order chi connectivity index (χ1) is 15.0. The van der Waals surface area contributed by atoms with E-state index in [2.05, 4.69) is 86.1 Å². The van der Waals surface area contributed by atoms with Crippen LogP contribution in [0, 0.1) is 13.8 Å². The first-order valence-corrected chi connectivity index (χ1v) is 11.1. The van der Waals surface area contributed by atoms with Gasteiger partial charge in [-0.1, -0.05) is 61.4 Å². The summed E-state index contributed by atoms with van der Waals surface area (Å²) in [6.45, 7) is 4.28. The van der Waals surface area contributed by atoms with Crippen molar-refractivity contribution in [1.82, 2.24) is 0 Å². The van der Waals surface area contributed by atoms with Crippen LogP contribution in [0.1, 0.15) is 49.8 Å². The molecule has 0 amide bonds. The van der Waals surface area contributed by atoms with Gasteiger partial charge in [0, 0.05) is 18.5 Å². The fourth-order valence-corrected chi connectivity index (χ4v) is 5.03. The number of hydrogen-bond donors (Lipinski definition) is 0. The predicted molar refractivity (Wildman–Crippen MR) is 127 cm³/mol. The number of aryl methyl sites for hydroxylation is 1. The normalized spacial score (nSPS) is 15.0. The van der Waals surface area contributed by atoms with E-state index in [0.29, 0.717) is 12.0 Å². The quantitative estimate of drug-likeness (QED) is 0.322. The van der Waals surface area contributed by atoms with Gasteiger partial charge in [-0.05, 0) is 71.5 Å². The molecule has 0 unspecified atom stereocenters. The third-order valence-corrected chi connectivity index (χ3v) is 6.88. The Morgan fingerprint density at radius 3 is 2.40 bits per heavy atom. The van der Waals surface area contributed by atoms with Crippen molar-refractivity contribution in [2.75, 3.05) is 0 Å². The van der Waals surface area contributed by atoms with Crippen molar-refractivity contribution in [3.8, 4) is 22.4 Å². The van der Waals surface area contributed by atoms with Crippen LogP contribution >= 0.6 is 0 Å². The van der Waals surface area contributed by atoms with E-state index in [1.165, 1.54) is 53.6 Å². The Hall–Kier alpha value is -2.93. The predicted octanol–water partition coefficient (Wildman–Crippen LogP) is 7.27. The first kappa shape index (κ1) is 17.9. The van der Waals surface area contributed by atoms with Gasteiger partial charge in [0.15, 0.2) is 5.69 Å². The summed E-state index contributed by atoms with van der Waals surface area (Å²) in [5.74, 6) is 0.692. The van der Waals surface area contributed by atoms with Gasteiger partial charge in [0.2, 0.25) is 5.69 Å². The molecule has 3 aromatic carbocycles. The maximum absolute atomic E-state index is 8.86. The van der Waals surface area contributed by atoms with E-state index in [1.807, 2.05) is 6.07 Å². The largest absolute Gasteiger partial charge is 0.220 e. The van der Waals surface area contributed by atoms with Crippen molar-refractivity contribution in [2.45, 2.75) is 45.4 Å². The maximum atomic E-state index is 8.86. The third-order valence-electron chi connectivity index (χ3n) is 6.88. The molecule has 0 aliphatic heterocycles. The Labute approximate surface area is 181 Å². The summed E-state index contributed by atoms with van der Waals surface area (Å²) in [6.07, 6.45) is 5.31. The van der Waals surface area contributed by atoms with Crippen LogP contribution in [0.5, 0.6) is 0 Å². The third kappa shape index (κ3) is 3.33. The van der Waals surface area contributed by atoms with Crippen molar-refractivity contribution in [3.05, 3.63) is 89.6 Å². The van der Waals surface area contributed by atoms with Crippen LogP contribution in [-0.2, 0) is 7.05 Å². The van der Waals surface area contributed by atoms with Gasteiger partial charge < -0.3 is 0 Å². The fourth-order valence-electron chi connectivity index (χ4n) is 5.03. The highest BCUT2D eigenvalue weighted by Crippen LogP contribution is 2.38. The lowest BCUT2D eigenvalue weighted by Crippen LogP contribution is -2.35. The lowest BCUT2D eigenvalue weighted by Gasteiger charge is -2.15. The van der Waals surface area contributed by atoms with Crippen LogP contribution in [0.4, 0.5) is 0 Å². The molecule has 0 bridgehead atoms. The molecule has 30 heavy (non-hydrogen) atoms. The van der Waals surface area contributed by atoms with Gasteiger partial charge >= 0.3 is 0 Å². The number of benzene rings is 3. The Kier molecular flexibility index (Phi) is 4.60. The Morgan fingerprint density at radius 1 is 0.867 bits per heavy atom. The van der Waals surface area contributed by atoms with E-state index < -0.39 is 0 Å². The molecule has 1 nitrogen and oxygen atoms in total. The number of pyridine rings is 1. The summed E-state index contributed by atoms with van der Waals surface area (Å²) in [5.41, 5.74) is 8.64. The highest BCUT2D eigenvalue weighted by atomic mass is 14.9. The summed E-state index contributed by atoms with van der Waals surface area (Å²) < 4.78 is 11.1. The van der Waals surface area contributed by atoms with Crippen molar-refractivity contribution >= 4 is 10.8 Å². The van der Waals surface area contributed by atoms with Crippen LogP contribution in [0.25, 0.3) is 33.2 Å². The second-order valence-corrected chi connectivity index (χ2v) is 8.80. The second-order valence-electron chi connectivity index (χ2n) is 8.80. The minimum atomic E-state index is 0.614. The van der Waals surface area contributed by atoms with Crippen LogP contribution in [-0.4, -0.2) is 0 Å². The molecule has 0 spiro atoms. The van der Waals surface area contributed by atoms with E-state index in [-0.39, 0.29) is 0 Å². The minimum Gasteiger partial charge on any atom is -0.198 e. The first-order valence-electron chi connectivity index (χ1n) is 11.6. The molecular weight excluding hydrogens is 362 g/mol. The smallest absolute Gasteiger partial charge is 0.198 e. The summed E-state index contributed by atoms with van der Waals surface area (Å²) in [7, 11) is 2.11. The van der Waals surface area contributed by atoms with Crippen LogP contribution < -0.4 is 4.57 Å². The standard InChI is InChI=1S/C29H30N/c1-20-13-14-25(23-11-7-8-12-23)19-28(20)29-27-16-15-24(22-9-5-4-6-10-22)18-26(27)17-21(2)30(29)3/h4-6,9-10,13-19,23H,7-8,11-12H2,1-3H3/q+1/i17D. The molecule has 5 rings (SSSR count). The Morgan fingerprint density at radius 2 is 1.63 bits per heavy atom. The van der Waals surface area contributed by atoms with Crippen molar-refractivity contribution in [1.29, 1.82) is 0 Å². The molecule has 1 aliphatic carbocycles. The Bertz CT molecular complexity index is 1270. The van der Waals surface area contributed by atoms with E-state index in [1.54, 1.807) is 0 Å². The van der Waals surface area contributed by atoms with E-state index in [0.717, 1.165) is 22.0 Å². The van der Waals surface area contributed by atoms with Gasteiger partial charge in [0.1, 0.15) is 7.05 Å². The highest BCUT2D eigenvalue weighted by Gasteiger charge is 2.23. The van der Waals surface area contributed by atoms with Gasteiger partial charge in [-0.15, -0.1) is 0 Å². The van der Waals surface area contributed by atoms with Gasteiger partial charge in [-0.25, -0.2) is 0 Å². The molecule has 1 aliphatic rings. The Balaban J connectivity index is 1.75. The molecule has 1 saturated carbocycles. The summed E-state index contributed by atoms with van der Waals surface area (Å²) in [5, 5.41) is 2.18.